The lowest BCUT2D eigenvalue weighted by Crippen LogP contribution is -2.45. The first-order chi connectivity index (χ1) is 43.5. The molecule has 0 saturated carbocycles. The number of carbonyl (C=O) groups is 2. The number of rotatable bonds is 77. The summed E-state index contributed by atoms with van der Waals surface area (Å²) in [5.74, 6) is -0.0418. The highest BCUT2D eigenvalue weighted by molar-refractivity contribution is 5.76. The van der Waals surface area contributed by atoms with E-state index in [1.54, 1.807) is 6.08 Å². The van der Waals surface area contributed by atoms with Gasteiger partial charge < -0.3 is 20.3 Å². The standard InChI is InChI=1S/C82H159NO5/c1-3-5-7-9-11-13-15-17-19-21-22-23-24-30-33-36-39-43-46-50-54-58-62-66-70-74-80(85)79(78-84)83-81(86)75-71-67-63-59-55-51-47-44-40-37-34-31-28-26-25-27-29-32-35-38-41-45-49-53-57-61-65-69-73-77-88-82(87)76-72-68-64-60-56-52-48-42-20-18-16-14-12-10-8-6-4-2/h18,20,70,74,79-80,84-85H,3-17,19,21-69,71-73,75-78H2,1-2H3,(H,83,86)/b20-18-,74-70+. The maximum Gasteiger partial charge on any atom is 0.305 e. The van der Waals surface area contributed by atoms with E-state index in [0.717, 1.165) is 44.9 Å². The highest BCUT2D eigenvalue weighted by Crippen LogP contribution is 2.20. The van der Waals surface area contributed by atoms with Crippen LogP contribution in [0.2, 0.25) is 0 Å². The summed E-state index contributed by atoms with van der Waals surface area (Å²) in [6.07, 6.45) is 100. The first kappa shape index (κ1) is 86.3. The lowest BCUT2D eigenvalue weighted by Gasteiger charge is -2.20. The van der Waals surface area contributed by atoms with Gasteiger partial charge in [0.15, 0.2) is 0 Å². The third-order valence-electron chi connectivity index (χ3n) is 19.2. The van der Waals surface area contributed by atoms with Gasteiger partial charge in [-0.1, -0.05) is 417 Å². The van der Waals surface area contributed by atoms with E-state index in [2.05, 4.69) is 31.3 Å². The van der Waals surface area contributed by atoms with Crippen molar-refractivity contribution in [2.24, 2.45) is 0 Å². The zero-order valence-corrected chi connectivity index (χ0v) is 60.0. The van der Waals surface area contributed by atoms with Gasteiger partial charge in [-0.25, -0.2) is 0 Å². The number of nitrogens with one attached hydrogen (secondary N) is 1. The Bertz CT molecular complexity index is 1380. The van der Waals surface area contributed by atoms with Gasteiger partial charge in [0.05, 0.1) is 25.4 Å². The number of aliphatic hydroxyl groups excluding tert-OH is 2. The van der Waals surface area contributed by atoms with Gasteiger partial charge >= 0.3 is 5.97 Å². The molecule has 0 spiro atoms. The first-order valence-electron chi connectivity index (χ1n) is 40.6. The van der Waals surface area contributed by atoms with Crippen LogP contribution in [0, 0.1) is 0 Å². The van der Waals surface area contributed by atoms with Gasteiger partial charge in [0.25, 0.3) is 0 Å². The third-order valence-corrected chi connectivity index (χ3v) is 19.2. The zero-order chi connectivity index (χ0) is 63.5. The minimum atomic E-state index is -0.844. The van der Waals surface area contributed by atoms with E-state index in [9.17, 15) is 19.8 Å². The predicted octanol–water partition coefficient (Wildman–Crippen LogP) is 26.8. The van der Waals surface area contributed by atoms with Crippen molar-refractivity contribution in [2.45, 2.75) is 475 Å². The van der Waals surface area contributed by atoms with Crippen molar-refractivity contribution in [2.75, 3.05) is 13.2 Å². The van der Waals surface area contributed by atoms with E-state index in [1.807, 2.05) is 6.08 Å². The number of allylic oxidation sites excluding steroid dienone is 3. The van der Waals surface area contributed by atoms with Crippen molar-refractivity contribution >= 4 is 11.9 Å². The molecule has 0 fully saturated rings. The van der Waals surface area contributed by atoms with Crippen LogP contribution in [0.5, 0.6) is 0 Å². The van der Waals surface area contributed by atoms with Gasteiger partial charge in [-0.05, 0) is 57.8 Å². The normalized spacial score (nSPS) is 12.5. The third kappa shape index (κ3) is 73.4. The Morgan fingerprint density at radius 3 is 0.807 bits per heavy atom. The molecule has 0 heterocycles. The molecule has 0 bridgehead atoms. The lowest BCUT2D eigenvalue weighted by atomic mass is 10.0. The van der Waals surface area contributed by atoms with Crippen LogP contribution in [0.4, 0.5) is 0 Å². The van der Waals surface area contributed by atoms with E-state index >= 15 is 0 Å². The summed E-state index contributed by atoms with van der Waals surface area (Å²) in [4.78, 5) is 24.7. The van der Waals surface area contributed by atoms with Crippen molar-refractivity contribution in [1.82, 2.24) is 5.32 Å². The molecule has 3 N–H and O–H groups in total. The molecule has 0 aromatic heterocycles. The molecule has 0 aromatic carbocycles. The molecule has 0 saturated heterocycles. The maximum absolute atomic E-state index is 12.6. The molecule has 2 unspecified atom stereocenters. The second-order valence-electron chi connectivity index (χ2n) is 28.1. The van der Waals surface area contributed by atoms with Gasteiger partial charge in [-0.15, -0.1) is 0 Å². The van der Waals surface area contributed by atoms with Crippen LogP contribution in [-0.4, -0.2) is 47.4 Å². The summed E-state index contributed by atoms with van der Waals surface area (Å²) in [5.41, 5.74) is 0. The van der Waals surface area contributed by atoms with Gasteiger partial charge in [-0.3, -0.25) is 9.59 Å². The summed E-state index contributed by atoms with van der Waals surface area (Å²) in [7, 11) is 0. The number of carbonyl (C=O) groups excluding carboxylic acids is 2. The number of hydrogen-bond acceptors (Lipinski definition) is 5. The van der Waals surface area contributed by atoms with Crippen LogP contribution < -0.4 is 5.32 Å². The van der Waals surface area contributed by atoms with E-state index in [4.69, 9.17) is 4.74 Å². The second kappa shape index (κ2) is 77.8. The topological polar surface area (TPSA) is 95.9 Å². The Kier molecular flexibility index (Phi) is 76.3. The fraction of sp³-hybridized carbons (Fsp3) is 0.927. The average molecular weight is 1240 g/mol. The highest BCUT2D eigenvalue weighted by atomic mass is 16.5. The largest absolute Gasteiger partial charge is 0.466 e. The van der Waals surface area contributed by atoms with E-state index in [-0.39, 0.29) is 18.5 Å². The second-order valence-corrected chi connectivity index (χ2v) is 28.1. The van der Waals surface area contributed by atoms with Gasteiger partial charge in [-0.2, -0.15) is 0 Å². The molecular weight excluding hydrogens is 1080 g/mol. The molecule has 1 amide bonds. The van der Waals surface area contributed by atoms with Gasteiger partial charge in [0, 0.05) is 12.8 Å². The monoisotopic (exact) mass is 1240 g/mol. The van der Waals surface area contributed by atoms with Crippen molar-refractivity contribution < 1.29 is 24.5 Å². The smallest absolute Gasteiger partial charge is 0.305 e. The number of unbranched alkanes of at least 4 members (excludes halogenated alkanes) is 64. The van der Waals surface area contributed by atoms with Crippen molar-refractivity contribution in [3.05, 3.63) is 24.3 Å². The summed E-state index contributed by atoms with van der Waals surface area (Å²) < 4.78 is 5.51. The molecule has 88 heavy (non-hydrogen) atoms. The Morgan fingerprint density at radius 2 is 0.534 bits per heavy atom. The number of esters is 1. The van der Waals surface area contributed by atoms with Crippen LogP contribution in [0.25, 0.3) is 0 Å². The lowest BCUT2D eigenvalue weighted by molar-refractivity contribution is -0.143. The van der Waals surface area contributed by atoms with E-state index in [1.165, 1.54) is 392 Å². The van der Waals surface area contributed by atoms with Crippen molar-refractivity contribution in [3.63, 3.8) is 0 Å². The molecule has 6 nitrogen and oxygen atoms in total. The van der Waals surface area contributed by atoms with Crippen LogP contribution >= 0.6 is 0 Å². The molecule has 0 aliphatic rings. The molecular formula is C82H159NO5. The summed E-state index contributed by atoms with van der Waals surface area (Å²) in [5, 5.41) is 23.3. The van der Waals surface area contributed by atoms with Crippen molar-refractivity contribution in [1.29, 1.82) is 0 Å². The Balaban J connectivity index is 3.36. The molecule has 0 aliphatic heterocycles. The number of hydrogen-bond donors (Lipinski definition) is 3. The first-order valence-corrected chi connectivity index (χ1v) is 40.6. The summed E-state index contributed by atoms with van der Waals surface area (Å²) in [6.45, 7) is 4.96. The summed E-state index contributed by atoms with van der Waals surface area (Å²) in [6, 6.07) is -0.627. The SMILES string of the molecule is CCCCCCCC/C=C\CCCCCCCCCC(=O)OCCCCCCCCCCCCCCCCCCCCCCCCCCCCCCCC(=O)NC(CO)C(O)/C=C/CCCCCCCCCCCCCCCCCCCCCCCCC. The predicted molar refractivity (Wildman–Crippen MR) is 389 cm³/mol. The van der Waals surface area contributed by atoms with Crippen molar-refractivity contribution in [3.8, 4) is 0 Å². The average Bonchev–Trinajstić information content (AvgIpc) is 3.58. The number of amides is 1. The molecule has 522 valence electrons. The fourth-order valence-corrected chi connectivity index (χ4v) is 13.0. The zero-order valence-electron chi connectivity index (χ0n) is 60.0. The Hall–Kier alpha value is -1.66. The van der Waals surface area contributed by atoms with Crippen LogP contribution in [0.15, 0.2) is 24.3 Å². The minimum absolute atomic E-state index is 0.0170. The van der Waals surface area contributed by atoms with E-state index in [0.29, 0.717) is 19.4 Å². The van der Waals surface area contributed by atoms with E-state index < -0.39 is 12.1 Å². The minimum Gasteiger partial charge on any atom is -0.466 e. The molecule has 0 rings (SSSR count). The molecule has 0 aromatic rings. The van der Waals surface area contributed by atoms with Gasteiger partial charge in [0.1, 0.15) is 0 Å². The number of aliphatic hydroxyl groups is 2. The van der Waals surface area contributed by atoms with Crippen LogP contribution in [0.1, 0.15) is 463 Å². The Labute approximate surface area is 551 Å². The molecule has 0 aliphatic carbocycles. The highest BCUT2D eigenvalue weighted by Gasteiger charge is 2.18. The molecule has 6 heteroatoms. The Morgan fingerprint density at radius 1 is 0.307 bits per heavy atom. The summed E-state index contributed by atoms with van der Waals surface area (Å²) >= 11 is 0. The number of ether oxygens (including phenoxy) is 1. The fourth-order valence-electron chi connectivity index (χ4n) is 13.0. The van der Waals surface area contributed by atoms with Crippen LogP contribution in [0.3, 0.4) is 0 Å². The molecule has 2 atom stereocenters. The van der Waals surface area contributed by atoms with Gasteiger partial charge in [0.2, 0.25) is 5.91 Å². The molecule has 0 radical (unpaired) electrons. The maximum atomic E-state index is 12.6. The quantitative estimate of drug-likeness (QED) is 0.0320. The van der Waals surface area contributed by atoms with Crippen LogP contribution in [-0.2, 0) is 14.3 Å².